The molecule has 1 atom stereocenters. The molecule has 0 fully saturated rings. The van der Waals surface area contributed by atoms with Crippen molar-refractivity contribution in [1.82, 2.24) is 0 Å². The smallest absolute Gasteiger partial charge is 0.171 e. The molecule has 0 radical (unpaired) electrons. The van der Waals surface area contributed by atoms with E-state index in [0.717, 1.165) is 28.4 Å². The van der Waals surface area contributed by atoms with E-state index in [2.05, 4.69) is 34.0 Å². The second-order valence-corrected chi connectivity index (χ2v) is 6.75. The third-order valence-electron chi connectivity index (χ3n) is 3.51. The third kappa shape index (κ3) is 2.14. The third-order valence-corrected chi connectivity index (χ3v) is 5.44. The number of hydrogen-bond donors (Lipinski definition) is 0. The molecule has 3 rings (SSSR count). The molecule has 0 aliphatic heterocycles. The summed E-state index contributed by atoms with van der Waals surface area (Å²) in [5.74, 6) is 0.371. The van der Waals surface area contributed by atoms with Gasteiger partial charge in [-0.25, -0.2) is 0 Å². The molecule has 0 bridgehead atoms. The van der Waals surface area contributed by atoms with Gasteiger partial charge < -0.3 is 0 Å². The van der Waals surface area contributed by atoms with Gasteiger partial charge >= 0.3 is 0 Å². The van der Waals surface area contributed by atoms with Gasteiger partial charge in [-0.3, -0.25) is 4.79 Å². The Morgan fingerprint density at radius 2 is 2.11 bits per heavy atom. The van der Waals surface area contributed by atoms with E-state index in [1.54, 1.807) is 11.3 Å². The number of thiophene rings is 1. The number of benzene rings is 1. The number of rotatable bonds is 2. The number of hydrogen-bond acceptors (Lipinski definition) is 2. The highest BCUT2D eigenvalue weighted by molar-refractivity contribution is 14.1. The number of halogens is 1. The van der Waals surface area contributed by atoms with Crippen LogP contribution < -0.4 is 0 Å². The van der Waals surface area contributed by atoms with E-state index in [9.17, 15) is 4.79 Å². The Labute approximate surface area is 124 Å². The maximum atomic E-state index is 12.7. The lowest BCUT2D eigenvalue weighted by molar-refractivity contribution is 0.0950. The Bertz CT molecular complexity index is 588. The Balaban J connectivity index is 1.98. The molecule has 1 heterocycles. The van der Waals surface area contributed by atoms with Crippen molar-refractivity contribution in [3.05, 3.63) is 55.3 Å². The molecule has 0 saturated heterocycles. The highest BCUT2D eigenvalue weighted by Crippen LogP contribution is 2.37. The fourth-order valence-electron chi connectivity index (χ4n) is 2.61. The van der Waals surface area contributed by atoms with Gasteiger partial charge in [0.2, 0.25) is 0 Å². The van der Waals surface area contributed by atoms with Crippen LogP contribution in [0.5, 0.6) is 0 Å². The summed E-state index contributed by atoms with van der Waals surface area (Å²) in [5.41, 5.74) is 2.15. The van der Waals surface area contributed by atoms with Crippen molar-refractivity contribution in [2.45, 2.75) is 25.2 Å². The average Bonchev–Trinajstić information content (AvgIpc) is 2.86. The van der Waals surface area contributed by atoms with Gasteiger partial charge in [0, 0.05) is 19.9 Å². The topological polar surface area (TPSA) is 17.1 Å². The van der Waals surface area contributed by atoms with E-state index in [1.807, 2.05) is 24.3 Å². The summed E-state index contributed by atoms with van der Waals surface area (Å²) >= 11 is 4.04. The SMILES string of the molecule is O=C(c1ccccc1I)C1CCCc2sccc21. The number of carbonyl (C=O) groups is 1. The van der Waals surface area contributed by atoms with E-state index in [0.29, 0.717) is 5.78 Å². The molecule has 2 aromatic rings. The monoisotopic (exact) mass is 368 g/mol. The molecule has 0 N–H and O–H groups in total. The number of ketones is 1. The minimum Gasteiger partial charge on any atom is -0.293 e. The van der Waals surface area contributed by atoms with Crippen LogP contribution in [-0.2, 0) is 6.42 Å². The van der Waals surface area contributed by atoms with Gasteiger partial charge in [0.15, 0.2) is 5.78 Å². The number of aryl methyl sites for hydroxylation is 1. The van der Waals surface area contributed by atoms with E-state index in [1.165, 1.54) is 10.4 Å². The molecule has 3 heteroatoms. The average molecular weight is 368 g/mol. The Morgan fingerprint density at radius 3 is 2.94 bits per heavy atom. The quantitative estimate of drug-likeness (QED) is 0.557. The highest BCUT2D eigenvalue weighted by Gasteiger charge is 2.28. The van der Waals surface area contributed by atoms with Crippen LogP contribution in [0.2, 0.25) is 0 Å². The predicted molar refractivity (Wildman–Crippen MR) is 83.5 cm³/mol. The first kappa shape index (κ1) is 12.4. The van der Waals surface area contributed by atoms with Gasteiger partial charge in [-0.15, -0.1) is 11.3 Å². The zero-order valence-electron chi connectivity index (χ0n) is 9.86. The van der Waals surface area contributed by atoms with Crippen LogP contribution in [0.1, 0.15) is 39.6 Å². The lowest BCUT2D eigenvalue weighted by Gasteiger charge is -2.21. The molecule has 0 amide bonds. The Morgan fingerprint density at radius 1 is 1.28 bits per heavy atom. The second kappa shape index (κ2) is 5.13. The van der Waals surface area contributed by atoms with Crippen molar-refractivity contribution in [2.75, 3.05) is 0 Å². The standard InChI is InChI=1S/C15H13IOS/c16-13-6-2-1-4-12(13)15(17)11-5-3-7-14-10(11)8-9-18-14/h1-2,4,6,8-9,11H,3,5,7H2. The number of Topliss-reactive ketones (excluding diaryl/α,β-unsaturated/α-hetero) is 1. The van der Waals surface area contributed by atoms with E-state index in [4.69, 9.17) is 0 Å². The molecule has 1 aromatic heterocycles. The van der Waals surface area contributed by atoms with Gasteiger partial charge in [0.25, 0.3) is 0 Å². The summed E-state index contributed by atoms with van der Waals surface area (Å²) in [4.78, 5) is 14.1. The lowest BCUT2D eigenvalue weighted by Crippen LogP contribution is -2.18. The van der Waals surface area contributed by atoms with E-state index >= 15 is 0 Å². The first-order valence-electron chi connectivity index (χ1n) is 6.12. The zero-order chi connectivity index (χ0) is 12.5. The Hall–Kier alpha value is -0.680. The van der Waals surface area contributed by atoms with Crippen LogP contribution in [0.15, 0.2) is 35.7 Å². The predicted octanol–water partition coefficient (Wildman–Crippen LogP) is 4.66. The van der Waals surface area contributed by atoms with E-state index in [-0.39, 0.29) is 5.92 Å². The molecule has 18 heavy (non-hydrogen) atoms. The normalized spacial score (nSPS) is 18.4. The van der Waals surface area contributed by atoms with Crippen molar-refractivity contribution in [1.29, 1.82) is 0 Å². The van der Waals surface area contributed by atoms with Crippen LogP contribution >= 0.6 is 33.9 Å². The minimum atomic E-state index is 0.0796. The van der Waals surface area contributed by atoms with Crippen molar-refractivity contribution >= 4 is 39.7 Å². The summed E-state index contributed by atoms with van der Waals surface area (Å²) in [6, 6.07) is 10.0. The van der Waals surface area contributed by atoms with Gasteiger partial charge in [0.05, 0.1) is 0 Å². The molecular weight excluding hydrogens is 355 g/mol. The minimum absolute atomic E-state index is 0.0796. The maximum absolute atomic E-state index is 12.7. The van der Waals surface area contributed by atoms with E-state index < -0.39 is 0 Å². The van der Waals surface area contributed by atoms with Crippen LogP contribution in [0.3, 0.4) is 0 Å². The largest absolute Gasteiger partial charge is 0.293 e. The van der Waals surface area contributed by atoms with Crippen molar-refractivity contribution in [2.24, 2.45) is 0 Å². The molecule has 92 valence electrons. The fraction of sp³-hybridized carbons (Fsp3) is 0.267. The van der Waals surface area contributed by atoms with Crippen LogP contribution in [0.4, 0.5) is 0 Å². The molecule has 1 unspecified atom stereocenters. The highest BCUT2D eigenvalue weighted by atomic mass is 127. The second-order valence-electron chi connectivity index (χ2n) is 4.59. The molecule has 0 spiro atoms. The zero-order valence-corrected chi connectivity index (χ0v) is 12.8. The van der Waals surface area contributed by atoms with Gasteiger partial charge in [-0.05, 0) is 64.9 Å². The molecule has 1 aliphatic rings. The first-order chi connectivity index (χ1) is 8.77. The summed E-state index contributed by atoms with van der Waals surface area (Å²) < 4.78 is 1.06. The molecular formula is C15H13IOS. The fourth-order valence-corrected chi connectivity index (χ4v) is 4.25. The Kier molecular flexibility index (Phi) is 3.52. The maximum Gasteiger partial charge on any atom is 0.171 e. The van der Waals surface area contributed by atoms with Gasteiger partial charge in [-0.2, -0.15) is 0 Å². The van der Waals surface area contributed by atoms with Crippen molar-refractivity contribution in [3.63, 3.8) is 0 Å². The molecule has 1 aromatic carbocycles. The van der Waals surface area contributed by atoms with Gasteiger partial charge in [-0.1, -0.05) is 18.2 Å². The lowest BCUT2D eigenvalue weighted by atomic mass is 9.82. The number of carbonyl (C=O) groups excluding carboxylic acids is 1. The molecule has 0 saturated carbocycles. The molecule has 1 aliphatic carbocycles. The summed E-state index contributed by atoms with van der Waals surface area (Å²) in [7, 11) is 0. The van der Waals surface area contributed by atoms with Gasteiger partial charge in [0.1, 0.15) is 0 Å². The van der Waals surface area contributed by atoms with Crippen molar-refractivity contribution < 1.29 is 4.79 Å². The first-order valence-corrected chi connectivity index (χ1v) is 8.08. The van der Waals surface area contributed by atoms with Crippen LogP contribution in [-0.4, -0.2) is 5.78 Å². The van der Waals surface area contributed by atoms with Crippen molar-refractivity contribution in [3.8, 4) is 0 Å². The summed E-state index contributed by atoms with van der Waals surface area (Å²) in [6.07, 6.45) is 3.27. The van der Waals surface area contributed by atoms with Crippen LogP contribution in [0, 0.1) is 3.57 Å². The van der Waals surface area contributed by atoms with Crippen LogP contribution in [0.25, 0.3) is 0 Å². The molecule has 1 nitrogen and oxygen atoms in total. The number of fused-ring (bicyclic) bond motifs is 1. The summed E-state index contributed by atoms with van der Waals surface area (Å²) in [6.45, 7) is 0. The summed E-state index contributed by atoms with van der Waals surface area (Å²) in [5, 5.41) is 2.12.